The average molecular weight is 339 g/mol. The maximum atomic E-state index is 12.0. The van der Waals surface area contributed by atoms with E-state index in [9.17, 15) is 9.59 Å². The van der Waals surface area contributed by atoms with Crippen LogP contribution < -0.4 is 14.4 Å². The Balaban J connectivity index is 2.46. The van der Waals surface area contributed by atoms with Crippen molar-refractivity contribution in [3.8, 4) is 11.5 Å². The van der Waals surface area contributed by atoms with Crippen LogP contribution in [0.3, 0.4) is 0 Å². The lowest BCUT2D eigenvalue weighted by molar-refractivity contribution is -0.148. The number of aliphatic carboxylic acids is 1. The average Bonchev–Trinajstić information content (AvgIpc) is 2.64. The highest BCUT2D eigenvalue weighted by Crippen LogP contribution is 2.43. The zero-order chi connectivity index (χ0) is 18.1. The standard InChI is InChI=1S/C19H17NO5/c1-20(18(21)19(22)23)14-10-11-6-4-5-7-12(11)16-13(14)8-9-15(24-2)17(16)25-3/h4-10H,1-3H3,(H,22,23). The summed E-state index contributed by atoms with van der Waals surface area (Å²) in [5, 5.41) is 12.3. The van der Waals surface area contributed by atoms with E-state index in [-0.39, 0.29) is 0 Å². The maximum Gasteiger partial charge on any atom is 0.394 e. The molecule has 6 nitrogen and oxygen atoms in total. The predicted octanol–water partition coefficient (Wildman–Crippen LogP) is 3.06. The van der Waals surface area contributed by atoms with Crippen molar-refractivity contribution in [2.45, 2.75) is 0 Å². The van der Waals surface area contributed by atoms with Crippen LogP contribution in [0.15, 0.2) is 42.5 Å². The fourth-order valence-corrected chi connectivity index (χ4v) is 3.01. The number of amides is 1. The topological polar surface area (TPSA) is 76.1 Å². The lowest BCUT2D eigenvalue weighted by Gasteiger charge is -2.21. The largest absolute Gasteiger partial charge is 0.493 e. The van der Waals surface area contributed by atoms with Crippen molar-refractivity contribution >= 4 is 39.1 Å². The lowest BCUT2D eigenvalue weighted by Crippen LogP contribution is -2.33. The Morgan fingerprint density at radius 1 is 1.00 bits per heavy atom. The quantitative estimate of drug-likeness (QED) is 0.586. The zero-order valence-corrected chi connectivity index (χ0v) is 14.1. The Kier molecular flexibility index (Phi) is 4.19. The van der Waals surface area contributed by atoms with E-state index in [2.05, 4.69) is 0 Å². The molecule has 1 amide bonds. The van der Waals surface area contributed by atoms with E-state index in [1.54, 1.807) is 32.4 Å². The number of rotatable bonds is 3. The van der Waals surface area contributed by atoms with Gasteiger partial charge in [0, 0.05) is 17.8 Å². The first kappa shape index (κ1) is 16.6. The minimum Gasteiger partial charge on any atom is -0.493 e. The van der Waals surface area contributed by atoms with Crippen LogP contribution in [-0.4, -0.2) is 38.3 Å². The van der Waals surface area contributed by atoms with Gasteiger partial charge in [-0.15, -0.1) is 0 Å². The molecular weight excluding hydrogens is 322 g/mol. The Morgan fingerprint density at radius 2 is 1.72 bits per heavy atom. The highest BCUT2D eigenvalue weighted by Gasteiger charge is 2.23. The molecule has 128 valence electrons. The summed E-state index contributed by atoms with van der Waals surface area (Å²) < 4.78 is 10.9. The van der Waals surface area contributed by atoms with Crippen molar-refractivity contribution < 1.29 is 24.2 Å². The van der Waals surface area contributed by atoms with Crippen molar-refractivity contribution in [3.63, 3.8) is 0 Å². The first-order chi connectivity index (χ1) is 12.0. The molecule has 0 bridgehead atoms. The SMILES string of the molecule is COc1ccc2c(N(C)C(=O)C(=O)O)cc3ccccc3c2c1OC. The van der Waals surface area contributed by atoms with Gasteiger partial charge in [-0.05, 0) is 29.0 Å². The lowest BCUT2D eigenvalue weighted by atomic mass is 9.98. The molecular formula is C19H17NO5. The van der Waals surface area contributed by atoms with Crippen LogP contribution in [0.5, 0.6) is 11.5 Å². The van der Waals surface area contributed by atoms with Crippen molar-refractivity contribution in [3.05, 3.63) is 42.5 Å². The summed E-state index contributed by atoms with van der Waals surface area (Å²) in [4.78, 5) is 24.2. The van der Waals surface area contributed by atoms with Gasteiger partial charge in [-0.25, -0.2) is 4.79 Å². The molecule has 0 saturated carbocycles. The van der Waals surface area contributed by atoms with Crippen molar-refractivity contribution in [1.82, 2.24) is 0 Å². The van der Waals surface area contributed by atoms with Gasteiger partial charge in [0.2, 0.25) is 0 Å². The highest BCUT2D eigenvalue weighted by molar-refractivity contribution is 6.38. The second-order valence-electron chi connectivity index (χ2n) is 5.51. The number of carboxylic acids is 1. The molecule has 3 aromatic carbocycles. The van der Waals surface area contributed by atoms with Crippen LogP contribution in [0.4, 0.5) is 5.69 Å². The van der Waals surface area contributed by atoms with E-state index in [1.807, 2.05) is 24.3 Å². The van der Waals surface area contributed by atoms with Crippen LogP contribution in [-0.2, 0) is 9.59 Å². The molecule has 0 aliphatic carbocycles. The second kappa shape index (κ2) is 6.32. The Labute approximate surface area is 144 Å². The zero-order valence-electron chi connectivity index (χ0n) is 14.1. The number of carbonyl (C=O) groups excluding carboxylic acids is 1. The summed E-state index contributed by atoms with van der Waals surface area (Å²) in [6, 6.07) is 13.0. The number of nitrogens with zero attached hydrogens (tertiary/aromatic N) is 1. The van der Waals surface area contributed by atoms with Gasteiger partial charge >= 0.3 is 11.9 Å². The highest BCUT2D eigenvalue weighted by atomic mass is 16.5. The Bertz CT molecular complexity index is 996. The molecule has 0 saturated heterocycles. The first-order valence-electron chi connectivity index (χ1n) is 7.57. The molecule has 1 N–H and O–H groups in total. The van der Waals surface area contributed by atoms with Crippen LogP contribution in [0, 0.1) is 0 Å². The van der Waals surface area contributed by atoms with Crippen molar-refractivity contribution in [1.29, 1.82) is 0 Å². The summed E-state index contributed by atoms with van der Waals surface area (Å²) in [7, 11) is 4.54. The van der Waals surface area contributed by atoms with E-state index in [0.717, 1.165) is 21.1 Å². The number of hydrogen-bond donors (Lipinski definition) is 1. The summed E-state index contributed by atoms with van der Waals surface area (Å²) >= 11 is 0. The number of methoxy groups -OCH3 is 2. The number of hydrogen-bond acceptors (Lipinski definition) is 4. The van der Waals surface area contributed by atoms with Gasteiger partial charge in [0.25, 0.3) is 0 Å². The molecule has 0 atom stereocenters. The smallest absolute Gasteiger partial charge is 0.394 e. The van der Waals surface area contributed by atoms with Crippen LogP contribution in [0.2, 0.25) is 0 Å². The Hall–Kier alpha value is -3.28. The monoisotopic (exact) mass is 339 g/mol. The summed E-state index contributed by atoms with van der Waals surface area (Å²) in [6.45, 7) is 0. The molecule has 6 heteroatoms. The van der Waals surface area contributed by atoms with E-state index >= 15 is 0 Å². The van der Waals surface area contributed by atoms with Gasteiger partial charge < -0.3 is 19.5 Å². The fourth-order valence-electron chi connectivity index (χ4n) is 3.01. The maximum absolute atomic E-state index is 12.0. The van der Waals surface area contributed by atoms with Crippen LogP contribution >= 0.6 is 0 Å². The minimum absolute atomic E-state index is 0.488. The van der Waals surface area contributed by atoms with Gasteiger partial charge in [0.15, 0.2) is 11.5 Å². The molecule has 25 heavy (non-hydrogen) atoms. The van der Waals surface area contributed by atoms with E-state index in [4.69, 9.17) is 14.6 Å². The van der Waals surface area contributed by atoms with E-state index < -0.39 is 11.9 Å². The third kappa shape index (κ3) is 2.61. The van der Waals surface area contributed by atoms with Gasteiger partial charge in [-0.3, -0.25) is 4.79 Å². The van der Waals surface area contributed by atoms with E-state index in [0.29, 0.717) is 22.6 Å². The predicted molar refractivity (Wildman–Crippen MR) is 95.6 cm³/mol. The molecule has 0 aliphatic heterocycles. The van der Waals surface area contributed by atoms with Gasteiger partial charge in [0.1, 0.15) is 0 Å². The minimum atomic E-state index is -1.51. The number of benzene rings is 3. The third-order valence-corrected chi connectivity index (χ3v) is 4.19. The number of carbonyl (C=O) groups is 2. The molecule has 0 heterocycles. The van der Waals surface area contributed by atoms with Gasteiger partial charge in [-0.1, -0.05) is 24.3 Å². The number of anilines is 1. The molecule has 0 spiro atoms. The van der Waals surface area contributed by atoms with Gasteiger partial charge in [0.05, 0.1) is 19.9 Å². The van der Waals surface area contributed by atoms with Crippen molar-refractivity contribution in [2.24, 2.45) is 0 Å². The number of likely N-dealkylation sites (N-methyl/N-ethyl adjacent to an activating group) is 1. The normalized spacial score (nSPS) is 10.7. The molecule has 0 aliphatic rings. The van der Waals surface area contributed by atoms with Crippen LogP contribution in [0.1, 0.15) is 0 Å². The second-order valence-corrected chi connectivity index (χ2v) is 5.51. The van der Waals surface area contributed by atoms with E-state index in [1.165, 1.54) is 7.05 Å². The molecule has 0 radical (unpaired) electrons. The molecule has 0 fully saturated rings. The summed E-state index contributed by atoms with van der Waals surface area (Å²) in [6.07, 6.45) is 0. The molecule has 0 unspecified atom stereocenters. The first-order valence-corrected chi connectivity index (χ1v) is 7.57. The number of fused-ring (bicyclic) bond motifs is 3. The number of ether oxygens (including phenoxy) is 2. The summed E-state index contributed by atoms with van der Waals surface area (Å²) in [5.41, 5.74) is 0.488. The fraction of sp³-hybridized carbons (Fsp3) is 0.158. The Morgan fingerprint density at radius 3 is 2.36 bits per heavy atom. The molecule has 3 aromatic rings. The van der Waals surface area contributed by atoms with Crippen LogP contribution in [0.25, 0.3) is 21.5 Å². The molecule has 0 aromatic heterocycles. The third-order valence-electron chi connectivity index (χ3n) is 4.19. The van der Waals surface area contributed by atoms with Crippen molar-refractivity contribution in [2.75, 3.05) is 26.2 Å². The summed E-state index contributed by atoms with van der Waals surface area (Å²) in [5.74, 6) is -1.42. The number of carboxylic acid groups (broad SMARTS) is 1. The van der Waals surface area contributed by atoms with Gasteiger partial charge in [-0.2, -0.15) is 0 Å². The molecule has 3 rings (SSSR count).